The van der Waals surface area contributed by atoms with Crippen LogP contribution in [-0.4, -0.2) is 45.0 Å². The summed E-state index contributed by atoms with van der Waals surface area (Å²) in [7, 11) is 0. The smallest absolute Gasteiger partial charge is 0.273 e. The lowest BCUT2D eigenvalue weighted by molar-refractivity contribution is 0.0767. The first-order valence-corrected chi connectivity index (χ1v) is 8.27. The summed E-state index contributed by atoms with van der Waals surface area (Å²) < 4.78 is 5.79. The number of benzene rings is 1. The summed E-state index contributed by atoms with van der Waals surface area (Å²) in [6.45, 7) is 0.988. The van der Waals surface area contributed by atoms with Crippen molar-refractivity contribution in [2.45, 2.75) is 12.5 Å². The zero-order valence-corrected chi connectivity index (χ0v) is 13.9. The minimum Gasteiger partial charge on any atom is -0.470 e. The highest BCUT2D eigenvalue weighted by molar-refractivity contribution is 6.05. The molecule has 4 rings (SSSR count). The van der Waals surface area contributed by atoms with E-state index < -0.39 is 0 Å². The fourth-order valence-electron chi connectivity index (χ4n) is 3.09. The predicted octanol–water partition coefficient (Wildman–Crippen LogP) is 2.19. The molecule has 3 aromatic rings. The summed E-state index contributed by atoms with van der Waals surface area (Å²) in [5.74, 6) is 0.0881. The fraction of sp³-hybridized carbons (Fsp3) is 0.211. The second kappa shape index (κ2) is 6.76. The monoisotopic (exact) mass is 345 g/mol. The molecule has 0 N–H and O–H groups in total. The van der Waals surface area contributed by atoms with E-state index in [0.29, 0.717) is 25.2 Å². The summed E-state index contributed by atoms with van der Waals surface area (Å²) in [6, 6.07) is 11.5. The molecule has 7 heteroatoms. The third-order valence-electron chi connectivity index (χ3n) is 4.36. The van der Waals surface area contributed by atoms with E-state index in [-0.39, 0.29) is 23.6 Å². The van der Waals surface area contributed by atoms with E-state index in [2.05, 4.69) is 15.0 Å². The topological polar surface area (TPSA) is 92.0 Å². The van der Waals surface area contributed by atoms with Gasteiger partial charge < -0.3 is 9.64 Å². The lowest BCUT2D eigenvalue weighted by Gasteiger charge is -2.17. The van der Waals surface area contributed by atoms with Crippen LogP contribution in [0.5, 0.6) is 5.88 Å². The lowest BCUT2D eigenvalue weighted by atomic mass is 10.1. The van der Waals surface area contributed by atoms with E-state index in [9.17, 15) is 4.79 Å². The van der Waals surface area contributed by atoms with Crippen LogP contribution >= 0.6 is 0 Å². The first kappa shape index (κ1) is 16.0. The highest BCUT2D eigenvalue weighted by atomic mass is 16.5. The van der Waals surface area contributed by atoms with E-state index in [1.54, 1.807) is 11.1 Å². The van der Waals surface area contributed by atoms with Gasteiger partial charge in [-0.3, -0.25) is 9.78 Å². The van der Waals surface area contributed by atoms with Crippen molar-refractivity contribution in [1.29, 1.82) is 5.26 Å². The molecule has 1 aliphatic rings. The van der Waals surface area contributed by atoms with Crippen LogP contribution < -0.4 is 4.74 Å². The van der Waals surface area contributed by atoms with Gasteiger partial charge in [0.1, 0.15) is 17.9 Å². The Morgan fingerprint density at radius 3 is 2.88 bits per heavy atom. The van der Waals surface area contributed by atoms with Gasteiger partial charge in [-0.1, -0.05) is 24.3 Å². The first-order valence-electron chi connectivity index (χ1n) is 8.27. The average Bonchev–Trinajstić information content (AvgIpc) is 3.16. The summed E-state index contributed by atoms with van der Waals surface area (Å²) in [6.07, 6.45) is 5.02. The highest BCUT2D eigenvalue weighted by Crippen LogP contribution is 2.22. The van der Waals surface area contributed by atoms with Gasteiger partial charge in [0.05, 0.1) is 6.54 Å². The third-order valence-corrected chi connectivity index (χ3v) is 4.36. The fourth-order valence-corrected chi connectivity index (χ4v) is 3.09. The predicted molar refractivity (Wildman–Crippen MR) is 93.4 cm³/mol. The number of rotatable bonds is 3. The molecule has 0 bridgehead atoms. The van der Waals surface area contributed by atoms with Crippen molar-refractivity contribution >= 4 is 16.7 Å². The molecular weight excluding hydrogens is 330 g/mol. The maximum atomic E-state index is 12.9. The highest BCUT2D eigenvalue weighted by Gasteiger charge is 2.30. The van der Waals surface area contributed by atoms with Crippen LogP contribution in [0.15, 0.2) is 48.9 Å². The zero-order valence-electron chi connectivity index (χ0n) is 13.9. The normalized spacial score (nSPS) is 16.4. The van der Waals surface area contributed by atoms with Gasteiger partial charge >= 0.3 is 0 Å². The number of amides is 1. The largest absolute Gasteiger partial charge is 0.470 e. The van der Waals surface area contributed by atoms with Crippen LogP contribution in [0.25, 0.3) is 10.8 Å². The number of hydrogen-bond donors (Lipinski definition) is 0. The summed E-state index contributed by atoms with van der Waals surface area (Å²) in [5, 5.41) is 10.9. The number of carbonyl (C=O) groups is 1. The van der Waals surface area contributed by atoms with E-state index in [1.807, 2.05) is 36.4 Å². The van der Waals surface area contributed by atoms with Crippen LogP contribution in [0.4, 0.5) is 0 Å². The number of nitrogens with zero attached hydrogens (tertiary/aromatic N) is 5. The molecule has 0 radical (unpaired) electrons. The van der Waals surface area contributed by atoms with E-state index >= 15 is 0 Å². The Morgan fingerprint density at radius 1 is 1.15 bits per heavy atom. The quantitative estimate of drug-likeness (QED) is 0.722. The Hall–Kier alpha value is -3.53. The second-order valence-electron chi connectivity index (χ2n) is 5.98. The average molecular weight is 345 g/mol. The number of pyridine rings is 1. The van der Waals surface area contributed by atoms with Crippen molar-refractivity contribution in [2.75, 3.05) is 13.1 Å². The van der Waals surface area contributed by atoms with Crippen LogP contribution in [0.2, 0.25) is 0 Å². The molecule has 0 spiro atoms. The van der Waals surface area contributed by atoms with E-state index in [4.69, 9.17) is 10.00 Å². The van der Waals surface area contributed by atoms with Gasteiger partial charge in [-0.05, 0) is 11.5 Å². The molecule has 1 fully saturated rings. The van der Waals surface area contributed by atoms with E-state index in [0.717, 1.165) is 10.8 Å². The first-order chi connectivity index (χ1) is 12.8. The van der Waals surface area contributed by atoms with Crippen LogP contribution in [0, 0.1) is 11.3 Å². The molecular formula is C19H15N5O2. The SMILES string of the molecule is N#Cc1nccnc1O[C@H]1CCN(C(=O)c2nccc3ccccc23)C1. The molecule has 1 amide bonds. The number of nitriles is 1. The number of ether oxygens (including phenoxy) is 1. The Balaban J connectivity index is 1.52. The molecule has 1 aliphatic heterocycles. The molecule has 0 saturated carbocycles. The van der Waals surface area contributed by atoms with Gasteiger partial charge in [0.25, 0.3) is 11.8 Å². The summed E-state index contributed by atoms with van der Waals surface area (Å²) >= 11 is 0. The van der Waals surface area contributed by atoms with Crippen molar-refractivity contribution in [3.05, 3.63) is 60.3 Å². The lowest BCUT2D eigenvalue weighted by Crippen LogP contribution is -2.31. The van der Waals surface area contributed by atoms with Gasteiger partial charge in [-0.25, -0.2) is 9.97 Å². The molecule has 0 aliphatic carbocycles. The van der Waals surface area contributed by atoms with Crippen LogP contribution in [0.3, 0.4) is 0 Å². The minimum absolute atomic E-state index is 0.118. The molecule has 1 aromatic carbocycles. The maximum absolute atomic E-state index is 12.9. The molecule has 2 aromatic heterocycles. The van der Waals surface area contributed by atoms with Gasteiger partial charge in [-0.2, -0.15) is 5.26 Å². The number of fused-ring (bicyclic) bond motifs is 1. The Morgan fingerprint density at radius 2 is 2.00 bits per heavy atom. The van der Waals surface area contributed by atoms with Crippen LogP contribution in [0.1, 0.15) is 22.6 Å². The number of likely N-dealkylation sites (tertiary alicyclic amines) is 1. The Bertz CT molecular complexity index is 1010. The molecule has 128 valence electrons. The zero-order chi connectivity index (χ0) is 17.9. The third kappa shape index (κ3) is 2.93. The molecule has 0 unspecified atom stereocenters. The van der Waals surface area contributed by atoms with Crippen molar-refractivity contribution in [3.63, 3.8) is 0 Å². The van der Waals surface area contributed by atoms with Gasteiger partial charge in [0.2, 0.25) is 5.69 Å². The Kier molecular flexibility index (Phi) is 4.15. The standard InChI is InChI=1S/C19H15N5O2/c20-11-16-18(23-9-8-21-16)26-14-6-10-24(12-14)19(25)17-15-4-2-1-3-13(15)5-7-22-17/h1-5,7-9,14H,6,10,12H2/t14-/m0/s1. The number of carbonyl (C=O) groups excluding carboxylic acids is 1. The summed E-state index contributed by atoms with van der Waals surface area (Å²) in [5.41, 5.74) is 0.592. The van der Waals surface area contributed by atoms with Crippen molar-refractivity contribution in [1.82, 2.24) is 19.9 Å². The van der Waals surface area contributed by atoms with Crippen molar-refractivity contribution in [2.24, 2.45) is 0 Å². The molecule has 1 atom stereocenters. The van der Waals surface area contributed by atoms with Gasteiger partial charge in [-0.15, -0.1) is 0 Å². The van der Waals surface area contributed by atoms with Crippen LogP contribution in [-0.2, 0) is 0 Å². The molecule has 7 nitrogen and oxygen atoms in total. The number of aromatic nitrogens is 3. The van der Waals surface area contributed by atoms with Gasteiger partial charge in [0.15, 0.2) is 0 Å². The maximum Gasteiger partial charge on any atom is 0.273 e. The number of hydrogen-bond acceptors (Lipinski definition) is 6. The van der Waals surface area contributed by atoms with Crippen molar-refractivity contribution < 1.29 is 9.53 Å². The van der Waals surface area contributed by atoms with Gasteiger partial charge in [0, 0.05) is 36.9 Å². The second-order valence-corrected chi connectivity index (χ2v) is 5.98. The van der Waals surface area contributed by atoms with E-state index in [1.165, 1.54) is 12.4 Å². The summed E-state index contributed by atoms with van der Waals surface area (Å²) in [4.78, 5) is 26.9. The van der Waals surface area contributed by atoms with Crippen molar-refractivity contribution in [3.8, 4) is 11.9 Å². The molecule has 3 heterocycles. The molecule has 26 heavy (non-hydrogen) atoms. The minimum atomic E-state index is -0.224. The molecule has 1 saturated heterocycles. The Labute approximate surface area is 149 Å².